The van der Waals surface area contributed by atoms with E-state index in [1.807, 2.05) is 13.8 Å². The summed E-state index contributed by atoms with van der Waals surface area (Å²) in [6, 6.07) is 0. The summed E-state index contributed by atoms with van der Waals surface area (Å²) in [6.07, 6.45) is 0.436. The number of carboxylic acids is 1. The van der Waals surface area contributed by atoms with Gasteiger partial charge < -0.3 is 15.2 Å². The molecule has 5 heteroatoms. The standard InChI is InChI=1S/C12H23NO4/c1-6-12(7-2,8-9(14)15)13-10(16)17-11(3,4)5/h6-8H2,1-5H3,(H,13,16)(H,14,15). The van der Waals surface area contributed by atoms with E-state index in [4.69, 9.17) is 9.84 Å². The third-order valence-electron chi connectivity index (χ3n) is 2.61. The fraction of sp³-hybridized carbons (Fsp3) is 0.833. The van der Waals surface area contributed by atoms with Crippen LogP contribution in [0.3, 0.4) is 0 Å². The van der Waals surface area contributed by atoms with Gasteiger partial charge in [0.05, 0.1) is 12.0 Å². The van der Waals surface area contributed by atoms with E-state index in [-0.39, 0.29) is 6.42 Å². The van der Waals surface area contributed by atoms with Gasteiger partial charge in [0.1, 0.15) is 5.60 Å². The molecule has 0 atom stereocenters. The van der Waals surface area contributed by atoms with Crippen molar-refractivity contribution >= 4 is 12.1 Å². The number of ether oxygens (including phenoxy) is 1. The van der Waals surface area contributed by atoms with Crippen LogP contribution in [0.4, 0.5) is 4.79 Å². The van der Waals surface area contributed by atoms with Gasteiger partial charge in [0.15, 0.2) is 0 Å². The molecule has 0 radical (unpaired) electrons. The Bertz CT molecular complexity index is 277. The highest BCUT2D eigenvalue weighted by atomic mass is 16.6. The second-order valence-corrected chi connectivity index (χ2v) is 5.18. The van der Waals surface area contributed by atoms with E-state index in [1.165, 1.54) is 0 Å². The summed E-state index contributed by atoms with van der Waals surface area (Å²) in [6.45, 7) is 9.00. The number of aliphatic carboxylic acids is 1. The van der Waals surface area contributed by atoms with E-state index in [0.717, 1.165) is 0 Å². The Kier molecular flexibility index (Phi) is 5.45. The van der Waals surface area contributed by atoms with E-state index < -0.39 is 23.2 Å². The summed E-state index contributed by atoms with van der Waals surface area (Å²) in [5.74, 6) is -0.926. The number of carbonyl (C=O) groups excluding carboxylic acids is 1. The zero-order chi connectivity index (χ0) is 13.7. The van der Waals surface area contributed by atoms with Crippen LogP contribution in [-0.4, -0.2) is 28.3 Å². The summed E-state index contributed by atoms with van der Waals surface area (Å²) < 4.78 is 5.14. The zero-order valence-electron chi connectivity index (χ0n) is 11.3. The largest absolute Gasteiger partial charge is 0.481 e. The Morgan fingerprint density at radius 2 is 1.65 bits per heavy atom. The Morgan fingerprint density at radius 3 is 1.94 bits per heavy atom. The van der Waals surface area contributed by atoms with Gasteiger partial charge >= 0.3 is 12.1 Å². The Labute approximate surface area is 103 Å². The van der Waals surface area contributed by atoms with Crippen molar-refractivity contribution in [2.24, 2.45) is 0 Å². The minimum atomic E-state index is -0.926. The first-order chi connectivity index (χ1) is 7.64. The number of hydrogen-bond donors (Lipinski definition) is 2. The average Bonchev–Trinajstić information content (AvgIpc) is 2.12. The maximum absolute atomic E-state index is 11.6. The van der Waals surface area contributed by atoms with E-state index in [9.17, 15) is 9.59 Å². The lowest BCUT2D eigenvalue weighted by atomic mass is 9.89. The first-order valence-electron chi connectivity index (χ1n) is 5.87. The van der Waals surface area contributed by atoms with Crippen molar-refractivity contribution in [3.8, 4) is 0 Å². The first-order valence-corrected chi connectivity index (χ1v) is 5.87. The predicted octanol–water partition coefficient (Wildman–Crippen LogP) is 2.54. The van der Waals surface area contributed by atoms with Gasteiger partial charge in [-0.15, -0.1) is 0 Å². The highest BCUT2D eigenvalue weighted by Gasteiger charge is 2.32. The number of carboxylic acid groups (broad SMARTS) is 1. The van der Waals surface area contributed by atoms with Crippen molar-refractivity contribution in [2.75, 3.05) is 0 Å². The minimum Gasteiger partial charge on any atom is -0.481 e. The zero-order valence-corrected chi connectivity index (χ0v) is 11.3. The molecule has 0 aromatic rings. The number of alkyl carbamates (subject to hydrolysis) is 1. The molecule has 0 aliphatic rings. The fourth-order valence-electron chi connectivity index (χ4n) is 1.53. The van der Waals surface area contributed by atoms with Crippen LogP contribution < -0.4 is 5.32 Å². The minimum absolute atomic E-state index is 0.0980. The lowest BCUT2D eigenvalue weighted by Gasteiger charge is -2.32. The average molecular weight is 245 g/mol. The molecule has 0 aliphatic heterocycles. The molecule has 100 valence electrons. The fourth-order valence-corrected chi connectivity index (χ4v) is 1.53. The molecule has 17 heavy (non-hydrogen) atoms. The molecule has 0 bridgehead atoms. The number of amides is 1. The number of carbonyl (C=O) groups is 2. The van der Waals surface area contributed by atoms with Gasteiger partial charge in [-0.2, -0.15) is 0 Å². The molecule has 0 fully saturated rings. The number of nitrogens with one attached hydrogen (secondary N) is 1. The topological polar surface area (TPSA) is 75.6 Å². The molecule has 0 aromatic heterocycles. The Morgan fingerprint density at radius 1 is 1.18 bits per heavy atom. The van der Waals surface area contributed by atoms with Gasteiger partial charge in [0, 0.05) is 0 Å². The molecule has 0 heterocycles. The molecular formula is C12H23NO4. The van der Waals surface area contributed by atoms with E-state index >= 15 is 0 Å². The lowest BCUT2D eigenvalue weighted by molar-refractivity contribution is -0.138. The summed E-state index contributed by atoms with van der Waals surface area (Å²) in [7, 11) is 0. The van der Waals surface area contributed by atoms with E-state index in [0.29, 0.717) is 12.8 Å². The second kappa shape index (κ2) is 5.89. The quantitative estimate of drug-likeness (QED) is 0.780. The van der Waals surface area contributed by atoms with Gasteiger partial charge in [-0.25, -0.2) is 4.79 Å². The summed E-state index contributed by atoms with van der Waals surface area (Å²) in [4.78, 5) is 22.5. The van der Waals surface area contributed by atoms with Crippen LogP contribution in [0.2, 0.25) is 0 Å². The lowest BCUT2D eigenvalue weighted by Crippen LogP contribution is -2.50. The molecule has 5 nitrogen and oxygen atoms in total. The van der Waals surface area contributed by atoms with Crippen LogP contribution in [0.1, 0.15) is 53.9 Å². The van der Waals surface area contributed by atoms with Crippen LogP contribution in [-0.2, 0) is 9.53 Å². The van der Waals surface area contributed by atoms with Crippen LogP contribution in [0.15, 0.2) is 0 Å². The van der Waals surface area contributed by atoms with Crippen LogP contribution >= 0.6 is 0 Å². The molecule has 0 rings (SSSR count). The number of rotatable bonds is 5. The van der Waals surface area contributed by atoms with Crippen molar-refractivity contribution in [2.45, 2.75) is 65.0 Å². The van der Waals surface area contributed by atoms with Crippen molar-refractivity contribution in [1.29, 1.82) is 0 Å². The first kappa shape index (κ1) is 15.7. The van der Waals surface area contributed by atoms with Crippen LogP contribution in [0.5, 0.6) is 0 Å². The van der Waals surface area contributed by atoms with Crippen molar-refractivity contribution in [3.63, 3.8) is 0 Å². The molecule has 0 saturated carbocycles. The highest BCUT2D eigenvalue weighted by Crippen LogP contribution is 2.20. The maximum Gasteiger partial charge on any atom is 0.408 e. The molecule has 0 aliphatic carbocycles. The highest BCUT2D eigenvalue weighted by molar-refractivity contribution is 5.72. The van der Waals surface area contributed by atoms with Gasteiger partial charge in [-0.1, -0.05) is 13.8 Å². The molecule has 0 unspecified atom stereocenters. The maximum atomic E-state index is 11.6. The molecule has 1 amide bonds. The van der Waals surface area contributed by atoms with E-state index in [2.05, 4.69) is 5.32 Å². The van der Waals surface area contributed by atoms with Crippen molar-refractivity contribution in [1.82, 2.24) is 5.32 Å². The molecular weight excluding hydrogens is 222 g/mol. The van der Waals surface area contributed by atoms with Crippen LogP contribution in [0, 0.1) is 0 Å². The predicted molar refractivity (Wildman–Crippen MR) is 64.9 cm³/mol. The van der Waals surface area contributed by atoms with Gasteiger partial charge in [0.2, 0.25) is 0 Å². The SMILES string of the molecule is CCC(CC)(CC(=O)O)NC(=O)OC(C)(C)C. The molecule has 0 aromatic carbocycles. The van der Waals surface area contributed by atoms with E-state index in [1.54, 1.807) is 20.8 Å². The Balaban J connectivity index is 4.64. The second-order valence-electron chi connectivity index (χ2n) is 5.18. The molecule has 2 N–H and O–H groups in total. The molecule has 0 spiro atoms. The number of hydrogen-bond acceptors (Lipinski definition) is 3. The van der Waals surface area contributed by atoms with Gasteiger partial charge in [-0.05, 0) is 33.6 Å². The summed E-state index contributed by atoms with van der Waals surface area (Å²) in [5.41, 5.74) is -1.31. The van der Waals surface area contributed by atoms with Crippen LogP contribution in [0.25, 0.3) is 0 Å². The monoisotopic (exact) mass is 245 g/mol. The normalized spacial score (nSPS) is 12.1. The smallest absolute Gasteiger partial charge is 0.408 e. The third-order valence-corrected chi connectivity index (χ3v) is 2.61. The van der Waals surface area contributed by atoms with Gasteiger partial charge in [0.25, 0.3) is 0 Å². The third kappa shape index (κ3) is 6.14. The summed E-state index contributed by atoms with van der Waals surface area (Å²) in [5, 5.41) is 11.5. The van der Waals surface area contributed by atoms with Crippen molar-refractivity contribution in [3.05, 3.63) is 0 Å². The van der Waals surface area contributed by atoms with Crippen molar-refractivity contribution < 1.29 is 19.4 Å². The Hall–Kier alpha value is -1.26. The van der Waals surface area contributed by atoms with Gasteiger partial charge in [-0.3, -0.25) is 4.79 Å². The summed E-state index contributed by atoms with van der Waals surface area (Å²) >= 11 is 0. The molecule has 0 saturated heterocycles.